The zero-order valence-electron chi connectivity index (χ0n) is 7.06. The fourth-order valence-corrected chi connectivity index (χ4v) is 0.710. The maximum Gasteiger partial charge on any atom is 0.305 e. The molecule has 3 nitrogen and oxygen atoms in total. The molecule has 0 aliphatic heterocycles. The molecule has 0 heterocycles. The molecule has 1 radical (unpaired) electrons. The molecule has 0 unspecified atom stereocenters. The average Bonchev–Trinajstić information content (AvgIpc) is 2.04. The molecule has 0 bridgehead atoms. The van der Waals surface area contributed by atoms with Gasteiger partial charge in [0.1, 0.15) is 0 Å². The van der Waals surface area contributed by atoms with Gasteiger partial charge in [0, 0.05) is 6.42 Å². The lowest BCUT2D eigenvalue weighted by Gasteiger charge is -2.00. The van der Waals surface area contributed by atoms with Crippen LogP contribution in [0, 0.1) is 6.92 Å². The van der Waals surface area contributed by atoms with E-state index < -0.39 is 0 Å². The second kappa shape index (κ2) is 7.54. The summed E-state index contributed by atoms with van der Waals surface area (Å²) in [5.41, 5.74) is 0. The molecule has 0 aromatic rings. The summed E-state index contributed by atoms with van der Waals surface area (Å²) in [6.45, 7) is 5.46. The van der Waals surface area contributed by atoms with Crippen molar-refractivity contribution in [2.45, 2.75) is 19.3 Å². The van der Waals surface area contributed by atoms with E-state index in [-0.39, 0.29) is 5.97 Å². The van der Waals surface area contributed by atoms with Gasteiger partial charge in [0.15, 0.2) is 0 Å². The van der Waals surface area contributed by atoms with Crippen LogP contribution in [0.3, 0.4) is 0 Å². The highest BCUT2D eigenvalue weighted by atomic mass is 16.5. The number of hydrogen-bond acceptors (Lipinski definition) is 3. The number of nitrogens with one attached hydrogen (secondary N) is 1. The number of methoxy groups -OCH3 is 1. The Morgan fingerprint density at radius 3 is 2.82 bits per heavy atom. The standard InChI is InChI=1S/C8H16NO2/c1-3-6-9-7-4-5-8(10)11-2/h9H,1,3-7H2,2H3. The number of carbonyl (C=O) groups excluding carboxylic acids is 1. The van der Waals surface area contributed by atoms with Crippen molar-refractivity contribution < 1.29 is 9.53 Å². The second-order valence-electron chi connectivity index (χ2n) is 2.28. The van der Waals surface area contributed by atoms with Crippen LogP contribution in [0.4, 0.5) is 0 Å². The first-order chi connectivity index (χ1) is 5.31. The fraction of sp³-hybridized carbons (Fsp3) is 0.750. The minimum absolute atomic E-state index is 0.138. The SMILES string of the molecule is [CH2]CCNCCCC(=O)OC. The van der Waals surface area contributed by atoms with E-state index in [1.165, 1.54) is 7.11 Å². The third-order valence-electron chi connectivity index (χ3n) is 1.32. The Kier molecular flexibility index (Phi) is 7.15. The molecule has 0 atom stereocenters. The van der Waals surface area contributed by atoms with Crippen LogP contribution in [-0.4, -0.2) is 26.2 Å². The van der Waals surface area contributed by atoms with Crippen molar-refractivity contribution in [3.63, 3.8) is 0 Å². The normalized spacial score (nSPS) is 9.64. The molecule has 0 aromatic heterocycles. The highest BCUT2D eigenvalue weighted by Crippen LogP contribution is 1.89. The summed E-state index contributed by atoms with van der Waals surface area (Å²) in [6, 6.07) is 0. The molecule has 11 heavy (non-hydrogen) atoms. The first kappa shape index (κ1) is 10.4. The number of carbonyl (C=O) groups is 1. The molecule has 1 N–H and O–H groups in total. The number of ether oxygens (including phenoxy) is 1. The smallest absolute Gasteiger partial charge is 0.305 e. The van der Waals surface area contributed by atoms with E-state index in [0.717, 1.165) is 25.9 Å². The van der Waals surface area contributed by atoms with Gasteiger partial charge in [0.2, 0.25) is 0 Å². The van der Waals surface area contributed by atoms with E-state index in [4.69, 9.17) is 0 Å². The predicted molar refractivity (Wildman–Crippen MR) is 44.1 cm³/mol. The molecule has 0 amide bonds. The van der Waals surface area contributed by atoms with Crippen molar-refractivity contribution in [3.05, 3.63) is 6.92 Å². The summed E-state index contributed by atoms with van der Waals surface area (Å²) in [5.74, 6) is -0.138. The zero-order chi connectivity index (χ0) is 8.53. The van der Waals surface area contributed by atoms with Crippen molar-refractivity contribution >= 4 is 5.97 Å². The van der Waals surface area contributed by atoms with Gasteiger partial charge in [-0.1, -0.05) is 6.92 Å². The third-order valence-corrected chi connectivity index (χ3v) is 1.32. The van der Waals surface area contributed by atoms with Gasteiger partial charge in [0.05, 0.1) is 7.11 Å². The second-order valence-corrected chi connectivity index (χ2v) is 2.28. The van der Waals surface area contributed by atoms with Gasteiger partial charge in [-0.2, -0.15) is 0 Å². The number of rotatable bonds is 6. The average molecular weight is 158 g/mol. The van der Waals surface area contributed by atoms with Crippen molar-refractivity contribution in [2.75, 3.05) is 20.2 Å². The summed E-state index contributed by atoms with van der Waals surface area (Å²) in [4.78, 5) is 10.6. The summed E-state index contributed by atoms with van der Waals surface area (Å²) in [6.07, 6.45) is 2.23. The van der Waals surface area contributed by atoms with Crippen molar-refractivity contribution in [1.29, 1.82) is 0 Å². The van der Waals surface area contributed by atoms with Crippen LogP contribution in [0.15, 0.2) is 0 Å². The molecule has 3 heteroatoms. The first-order valence-corrected chi connectivity index (χ1v) is 3.88. The van der Waals surface area contributed by atoms with E-state index in [0.29, 0.717) is 6.42 Å². The summed E-state index contributed by atoms with van der Waals surface area (Å²) in [7, 11) is 1.41. The van der Waals surface area contributed by atoms with Crippen LogP contribution >= 0.6 is 0 Å². The van der Waals surface area contributed by atoms with Crippen LogP contribution in [0.2, 0.25) is 0 Å². The third kappa shape index (κ3) is 7.33. The van der Waals surface area contributed by atoms with E-state index in [9.17, 15) is 4.79 Å². The van der Waals surface area contributed by atoms with E-state index in [2.05, 4.69) is 17.0 Å². The molecular formula is C8H16NO2. The Labute approximate surface area is 68.1 Å². The monoisotopic (exact) mass is 158 g/mol. The number of hydrogen-bond donors (Lipinski definition) is 1. The van der Waals surface area contributed by atoms with Gasteiger partial charge in [-0.05, 0) is 25.9 Å². The predicted octanol–water partition coefficient (Wildman–Crippen LogP) is 0.753. The lowest BCUT2D eigenvalue weighted by molar-refractivity contribution is -0.140. The Hall–Kier alpha value is -0.570. The van der Waals surface area contributed by atoms with Gasteiger partial charge < -0.3 is 10.1 Å². The number of esters is 1. The molecule has 0 fully saturated rings. The Morgan fingerprint density at radius 1 is 1.55 bits per heavy atom. The molecule has 0 saturated heterocycles. The van der Waals surface area contributed by atoms with Gasteiger partial charge in [0.25, 0.3) is 0 Å². The van der Waals surface area contributed by atoms with Crippen molar-refractivity contribution in [3.8, 4) is 0 Å². The summed E-state index contributed by atoms with van der Waals surface area (Å²) >= 11 is 0. The van der Waals surface area contributed by atoms with Crippen LogP contribution in [0.1, 0.15) is 19.3 Å². The van der Waals surface area contributed by atoms with Crippen LogP contribution in [0.25, 0.3) is 0 Å². The van der Waals surface area contributed by atoms with Crippen LogP contribution in [-0.2, 0) is 9.53 Å². The van der Waals surface area contributed by atoms with E-state index in [1.54, 1.807) is 0 Å². The molecule has 0 aliphatic carbocycles. The molecular weight excluding hydrogens is 142 g/mol. The molecule has 0 aromatic carbocycles. The Morgan fingerprint density at radius 2 is 2.27 bits per heavy atom. The largest absolute Gasteiger partial charge is 0.469 e. The maximum absolute atomic E-state index is 10.6. The van der Waals surface area contributed by atoms with E-state index in [1.807, 2.05) is 0 Å². The molecule has 0 aliphatic rings. The van der Waals surface area contributed by atoms with Crippen molar-refractivity contribution in [2.24, 2.45) is 0 Å². The first-order valence-electron chi connectivity index (χ1n) is 3.88. The van der Waals surface area contributed by atoms with Crippen molar-refractivity contribution in [1.82, 2.24) is 5.32 Å². The topological polar surface area (TPSA) is 38.3 Å². The van der Waals surface area contributed by atoms with E-state index >= 15 is 0 Å². The quantitative estimate of drug-likeness (QED) is 0.458. The zero-order valence-corrected chi connectivity index (χ0v) is 7.06. The summed E-state index contributed by atoms with van der Waals surface area (Å²) in [5, 5.41) is 3.14. The molecule has 0 saturated carbocycles. The molecule has 65 valence electrons. The lowest BCUT2D eigenvalue weighted by atomic mass is 10.3. The fourth-order valence-electron chi connectivity index (χ4n) is 0.710. The Balaban J connectivity index is 2.95. The highest BCUT2D eigenvalue weighted by molar-refractivity contribution is 5.68. The maximum atomic E-state index is 10.6. The highest BCUT2D eigenvalue weighted by Gasteiger charge is 1.97. The van der Waals surface area contributed by atoms with Crippen LogP contribution < -0.4 is 5.32 Å². The molecule has 0 rings (SSSR count). The molecule has 0 spiro atoms. The van der Waals surface area contributed by atoms with Gasteiger partial charge in [-0.3, -0.25) is 4.79 Å². The lowest BCUT2D eigenvalue weighted by Crippen LogP contribution is -2.17. The van der Waals surface area contributed by atoms with Gasteiger partial charge in [-0.15, -0.1) is 0 Å². The van der Waals surface area contributed by atoms with Gasteiger partial charge in [-0.25, -0.2) is 0 Å². The summed E-state index contributed by atoms with van der Waals surface area (Å²) < 4.78 is 4.48. The minimum Gasteiger partial charge on any atom is -0.469 e. The Bertz CT molecular complexity index is 104. The van der Waals surface area contributed by atoms with Gasteiger partial charge >= 0.3 is 5.97 Å². The van der Waals surface area contributed by atoms with Crippen LogP contribution in [0.5, 0.6) is 0 Å². The minimum atomic E-state index is -0.138.